The first-order valence-corrected chi connectivity index (χ1v) is 5.60. The second kappa shape index (κ2) is 4.57. The van der Waals surface area contributed by atoms with Gasteiger partial charge in [-0.3, -0.25) is 0 Å². The number of halogens is 2. The second-order valence-electron chi connectivity index (χ2n) is 3.37. The van der Waals surface area contributed by atoms with Crippen LogP contribution >= 0.6 is 15.9 Å². The van der Waals surface area contributed by atoms with Gasteiger partial charge in [-0.25, -0.2) is 4.39 Å². The van der Waals surface area contributed by atoms with Crippen molar-refractivity contribution in [2.24, 2.45) is 5.73 Å². The van der Waals surface area contributed by atoms with Gasteiger partial charge in [-0.2, -0.15) is 0 Å². The van der Waals surface area contributed by atoms with Crippen LogP contribution in [-0.4, -0.2) is 24.9 Å². The molecule has 0 aliphatic carbocycles. The van der Waals surface area contributed by atoms with Crippen molar-refractivity contribution in [2.45, 2.75) is 6.10 Å². The molecule has 0 aromatic heterocycles. The molecule has 2 rings (SSSR count). The Morgan fingerprint density at radius 3 is 2.88 bits per heavy atom. The summed E-state index contributed by atoms with van der Waals surface area (Å²) < 4.78 is 24.6. The van der Waals surface area contributed by atoms with Gasteiger partial charge < -0.3 is 20.3 Å². The van der Waals surface area contributed by atoms with Crippen molar-refractivity contribution in [1.82, 2.24) is 0 Å². The number of hydrogen-bond donors (Lipinski definition) is 2. The molecule has 1 unspecified atom stereocenters. The molecule has 0 fully saturated rings. The molecule has 4 nitrogen and oxygen atoms in total. The lowest BCUT2D eigenvalue weighted by Crippen LogP contribution is -2.18. The third-order valence-corrected chi connectivity index (χ3v) is 3.03. The van der Waals surface area contributed by atoms with Gasteiger partial charge >= 0.3 is 0 Å². The molecule has 1 aliphatic rings. The summed E-state index contributed by atoms with van der Waals surface area (Å²) in [6.07, 6.45) is -1.05. The maximum atomic E-state index is 13.8. The molecule has 6 heteroatoms. The fourth-order valence-electron chi connectivity index (χ4n) is 1.51. The van der Waals surface area contributed by atoms with Crippen LogP contribution in [0.1, 0.15) is 11.7 Å². The van der Waals surface area contributed by atoms with E-state index >= 15 is 0 Å². The standard InChI is InChI=1S/C10H11BrFNO3/c11-8-9(12)5(6(14)4-13)3-7-10(8)16-2-1-15-7/h3,6,14H,1-2,4,13H2. The van der Waals surface area contributed by atoms with Crippen LogP contribution in [0.15, 0.2) is 10.5 Å². The van der Waals surface area contributed by atoms with Gasteiger partial charge in [0.2, 0.25) is 0 Å². The number of aliphatic hydroxyl groups is 1. The minimum absolute atomic E-state index is 0.0526. The van der Waals surface area contributed by atoms with Crippen LogP contribution in [0, 0.1) is 5.82 Å². The lowest BCUT2D eigenvalue weighted by molar-refractivity contribution is 0.162. The Kier molecular flexibility index (Phi) is 3.32. The number of rotatable bonds is 2. The van der Waals surface area contributed by atoms with Gasteiger partial charge in [0.15, 0.2) is 11.5 Å². The summed E-state index contributed by atoms with van der Waals surface area (Å²) in [5.41, 5.74) is 5.40. The van der Waals surface area contributed by atoms with Crippen molar-refractivity contribution in [1.29, 1.82) is 0 Å². The smallest absolute Gasteiger partial charge is 0.178 e. The van der Waals surface area contributed by atoms with Crippen molar-refractivity contribution in [3.8, 4) is 11.5 Å². The number of aliphatic hydroxyl groups excluding tert-OH is 1. The van der Waals surface area contributed by atoms with Crippen LogP contribution in [0.4, 0.5) is 4.39 Å². The van der Waals surface area contributed by atoms with Crippen molar-refractivity contribution < 1.29 is 19.0 Å². The van der Waals surface area contributed by atoms with E-state index in [-0.39, 0.29) is 16.6 Å². The minimum Gasteiger partial charge on any atom is -0.486 e. The molecule has 0 radical (unpaired) electrons. The Morgan fingerprint density at radius 1 is 1.50 bits per heavy atom. The zero-order chi connectivity index (χ0) is 11.7. The number of fused-ring (bicyclic) bond motifs is 1. The lowest BCUT2D eigenvalue weighted by Gasteiger charge is -2.22. The van der Waals surface area contributed by atoms with Crippen LogP contribution in [-0.2, 0) is 0 Å². The molecule has 16 heavy (non-hydrogen) atoms. The molecule has 88 valence electrons. The van der Waals surface area contributed by atoms with Crippen molar-refractivity contribution in [2.75, 3.05) is 19.8 Å². The van der Waals surface area contributed by atoms with Crippen LogP contribution in [0.5, 0.6) is 11.5 Å². The lowest BCUT2D eigenvalue weighted by atomic mass is 10.1. The monoisotopic (exact) mass is 291 g/mol. The van der Waals surface area contributed by atoms with Crippen LogP contribution in [0.3, 0.4) is 0 Å². The van der Waals surface area contributed by atoms with Crippen molar-refractivity contribution >= 4 is 15.9 Å². The molecule has 0 amide bonds. The van der Waals surface area contributed by atoms with Crippen molar-refractivity contribution in [3.63, 3.8) is 0 Å². The predicted molar refractivity (Wildman–Crippen MR) is 59.1 cm³/mol. The largest absolute Gasteiger partial charge is 0.486 e. The van der Waals surface area contributed by atoms with Gasteiger partial charge in [0.1, 0.15) is 19.0 Å². The van der Waals surface area contributed by atoms with Gasteiger partial charge in [0, 0.05) is 12.1 Å². The average molecular weight is 292 g/mol. The van der Waals surface area contributed by atoms with Gasteiger partial charge in [-0.1, -0.05) is 0 Å². The maximum Gasteiger partial charge on any atom is 0.178 e. The molecule has 0 saturated heterocycles. The molecule has 0 bridgehead atoms. The molecule has 1 atom stereocenters. The third kappa shape index (κ3) is 1.88. The Labute approximate surface area is 100 Å². The molecule has 1 aromatic carbocycles. The van der Waals surface area contributed by atoms with Gasteiger partial charge in [0.25, 0.3) is 0 Å². The maximum absolute atomic E-state index is 13.8. The molecule has 0 saturated carbocycles. The minimum atomic E-state index is -1.05. The average Bonchev–Trinajstić information content (AvgIpc) is 2.33. The van der Waals surface area contributed by atoms with E-state index in [0.29, 0.717) is 24.7 Å². The van der Waals surface area contributed by atoms with E-state index in [2.05, 4.69) is 15.9 Å². The van der Waals surface area contributed by atoms with E-state index in [1.807, 2.05) is 0 Å². The first kappa shape index (κ1) is 11.6. The Morgan fingerprint density at radius 2 is 2.19 bits per heavy atom. The van der Waals surface area contributed by atoms with E-state index in [0.717, 1.165) is 0 Å². The Balaban J connectivity index is 2.52. The predicted octanol–water partition coefficient (Wildman–Crippen LogP) is 1.35. The number of hydrogen-bond acceptors (Lipinski definition) is 4. The zero-order valence-corrected chi connectivity index (χ0v) is 9.96. The molecule has 1 aromatic rings. The highest BCUT2D eigenvalue weighted by molar-refractivity contribution is 9.10. The summed E-state index contributed by atoms with van der Waals surface area (Å²) in [6.45, 7) is 0.732. The summed E-state index contributed by atoms with van der Waals surface area (Å²) in [4.78, 5) is 0. The van der Waals surface area contributed by atoms with Crippen LogP contribution < -0.4 is 15.2 Å². The van der Waals surface area contributed by atoms with E-state index in [9.17, 15) is 9.50 Å². The van der Waals surface area contributed by atoms with E-state index in [1.165, 1.54) is 6.07 Å². The molecule has 3 N–H and O–H groups in total. The van der Waals surface area contributed by atoms with E-state index in [1.54, 1.807) is 0 Å². The van der Waals surface area contributed by atoms with E-state index < -0.39 is 11.9 Å². The van der Waals surface area contributed by atoms with Gasteiger partial charge in [0.05, 0.1) is 10.6 Å². The first-order chi connectivity index (χ1) is 7.65. The van der Waals surface area contributed by atoms with Gasteiger partial charge in [-0.05, 0) is 22.0 Å². The Bertz CT molecular complexity index is 414. The van der Waals surface area contributed by atoms with Crippen LogP contribution in [0.2, 0.25) is 0 Å². The normalized spacial score (nSPS) is 16.0. The molecular formula is C10H11BrFNO3. The number of ether oxygens (including phenoxy) is 2. The summed E-state index contributed by atoms with van der Waals surface area (Å²) in [5.74, 6) is 0.181. The topological polar surface area (TPSA) is 64.7 Å². The summed E-state index contributed by atoms with van der Waals surface area (Å²) >= 11 is 3.08. The fourth-order valence-corrected chi connectivity index (χ4v) is 2.05. The Hall–Kier alpha value is -0.850. The third-order valence-electron chi connectivity index (χ3n) is 2.33. The highest BCUT2D eigenvalue weighted by atomic mass is 79.9. The molecule has 1 aliphatic heterocycles. The van der Waals surface area contributed by atoms with E-state index in [4.69, 9.17) is 15.2 Å². The summed E-state index contributed by atoms with van der Waals surface area (Å²) in [5, 5.41) is 9.55. The summed E-state index contributed by atoms with van der Waals surface area (Å²) in [6, 6.07) is 1.42. The first-order valence-electron chi connectivity index (χ1n) is 4.80. The molecule has 0 spiro atoms. The quantitative estimate of drug-likeness (QED) is 0.863. The highest BCUT2D eigenvalue weighted by Gasteiger charge is 2.24. The SMILES string of the molecule is NCC(O)c1cc2c(c(Br)c1F)OCCO2. The molecular weight excluding hydrogens is 281 g/mol. The number of benzene rings is 1. The van der Waals surface area contributed by atoms with Crippen molar-refractivity contribution in [3.05, 3.63) is 21.9 Å². The highest BCUT2D eigenvalue weighted by Crippen LogP contribution is 2.42. The second-order valence-corrected chi connectivity index (χ2v) is 4.16. The zero-order valence-electron chi connectivity index (χ0n) is 8.37. The molecule has 1 heterocycles. The number of nitrogens with two attached hydrogens (primary N) is 1. The van der Waals surface area contributed by atoms with Crippen LogP contribution in [0.25, 0.3) is 0 Å². The fraction of sp³-hybridized carbons (Fsp3) is 0.400. The summed E-state index contributed by atoms with van der Waals surface area (Å²) in [7, 11) is 0. The van der Waals surface area contributed by atoms with Gasteiger partial charge in [-0.15, -0.1) is 0 Å².